The Morgan fingerprint density at radius 3 is 2.71 bits per heavy atom. The zero-order valence-electron chi connectivity index (χ0n) is 14.2. The number of rotatable bonds is 9. The molecule has 128 valence electrons. The topological polar surface area (TPSA) is 76.1 Å². The van der Waals surface area contributed by atoms with Gasteiger partial charge >= 0.3 is 0 Å². The molecule has 1 heterocycles. The standard InChI is InChI=1S/C18H24N4O2/c1-14-21-16(13-17(22-14)19-11-12-24-2)18(23)20-10-6-9-15-7-4-3-5-8-15/h3-5,7-8,13H,6,9-12H2,1-2H3,(H,20,23)(H,19,21,22). The van der Waals surface area contributed by atoms with Gasteiger partial charge in [0.15, 0.2) is 0 Å². The molecule has 1 amide bonds. The normalized spacial score (nSPS) is 10.4. The molecule has 0 saturated heterocycles. The number of benzene rings is 1. The van der Waals surface area contributed by atoms with Gasteiger partial charge in [0.25, 0.3) is 5.91 Å². The van der Waals surface area contributed by atoms with E-state index < -0.39 is 0 Å². The maximum Gasteiger partial charge on any atom is 0.270 e. The number of hydrogen-bond acceptors (Lipinski definition) is 5. The van der Waals surface area contributed by atoms with E-state index in [1.807, 2.05) is 18.2 Å². The van der Waals surface area contributed by atoms with Gasteiger partial charge in [-0.2, -0.15) is 0 Å². The molecular weight excluding hydrogens is 304 g/mol. The number of methoxy groups -OCH3 is 1. The summed E-state index contributed by atoms with van der Waals surface area (Å²) in [6.45, 7) is 3.59. The lowest BCUT2D eigenvalue weighted by molar-refractivity contribution is 0.0948. The second kappa shape index (κ2) is 9.62. The van der Waals surface area contributed by atoms with Crippen molar-refractivity contribution in [2.24, 2.45) is 0 Å². The molecular formula is C18H24N4O2. The van der Waals surface area contributed by atoms with Crippen LogP contribution in [0.25, 0.3) is 0 Å². The van der Waals surface area contributed by atoms with E-state index in [2.05, 4.69) is 32.7 Å². The van der Waals surface area contributed by atoms with Crippen LogP contribution in [0, 0.1) is 6.92 Å². The van der Waals surface area contributed by atoms with Gasteiger partial charge < -0.3 is 15.4 Å². The summed E-state index contributed by atoms with van der Waals surface area (Å²) >= 11 is 0. The number of nitrogens with zero attached hydrogens (tertiary/aromatic N) is 2. The highest BCUT2D eigenvalue weighted by Gasteiger charge is 2.10. The maximum absolute atomic E-state index is 12.2. The Morgan fingerprint density at radius 2 is 1.96 bits per heavy atom. The van der Waals surface area contributed by atoms with Gasteiger partial charge in [-0.1, -0.05) is 30.3 Å². The first-order chi connectivity index (χ1) is 11.7. The molecule has 0 aliphatic heterocycles. The van der Waals surface area contributed by atoms with E-state index in [0.717, 1.165) is 12.8 Å². The van der Waals surface area contributed by atoms with Crippen LogP contribution in [0.1, 0.15) is 28.3 Å². The molecule has 0 radical (unpaired) electrons. The van der Waals surface area contributed by atoms with Crippen LogP contribution in [-0.2, 0) is 11.2 Å². The number of carbonyl (C=O) groups excluding carboxylic acids is 1. The number of nitrogens with one attached hydrogen (secondary N) is 2. The molecule has 1 aromatic heterocycles. The molecule has 2 rings (SSSR count). The van der Waals surface area contributed by atoms with Crippen molar-refractivity contribution in [1.82, 2.24) is 15.3 Å². The van der Waals surface area contributed by atoms with Crippen molar-refractivity contribution in [3.05, 3.63) is 53.5 Å². The highest BCUT2D eigenvalue weighted by Crippen LogP contribution is 2.07. The fourth-order valence-corrected chi connectivity index (χ4v) is 2.29. The minimum Gasteiger partial charge on any atom is -0.383 e. The van der Waals surface area contributed by atoms with Gasteiger partial charge in [-0.25, -0.2) is 9.97 Å². The number of anilines is 1. The average molecular weight is 328 g/mol. The van der Waals surface area contributed by atoms with E-state index in [9.17, 15) is 4.79 Å². The first-order valence-electron chi connectivity index (χ1n) is 8.09. The number of aryl methyl sites for hydroxylation is 2. The Labute approximate surface area is 142 Å². The highest BCUT2D eigenvalue weighted by molar-refractivity contribution is 5.92. The summed E-state index contributed by atoms with van der Waals surface area (Å²) in [6.07, 6.45) is 1.83. The number of ether oxygens (including phenoxy) is 1. The second-order valence-electron chi connectivity index (χ2n) is 5.45. The fourth-order valence-electron chi connectivity index (χ4n) is 2.29. The second-order valence-corrected chi connectivity index (χ2v) is 5.45. The molecule has 0 bridgehead atoms. The third-order valence-electron chi connectivity index (χ3n) is 3.45. The molecule has 2 aromatic rings. The molecule has 0 aliphatic rings. The quantitative estimate of drug-likeness (QED) is 0.690. The Morgan fingerprint density at radius 1 is 1.17 bits per heavy atom. The number of amides is 1. The predicted octanol–water partition coefficient (Wildman–Crippen LogP) is 2.21. The van der Waals surface area contributed by atoms with Crippen molar-refractivity contribution >= 4 is 11.7 Å². The SMILES string of the molecule is COCCNc1cc(C(=O)NCCCc2ccccc2)nc(C)n1. The average Bonchev–Trinajstić information content (AvgIpc) is 2.59. The Balaban J connectivity index is 1.82. The number of aromatic nitrogens is 2. The number of carbonyl (C=O) groups is 1. The zero-order valence-corrected chi connectivity index (χ0v) is 14.2. The lowest BCUT2D eigenvalue weighted by Gasteiger charge is -2.09. The van der Waals surface area contributed by atoms with Crippen LogP contribution in [-0.4, -0.2) is 42.7 Å². The maximum atomic E-state index is 12.2. The van der Waals surface area contributed by atoms with Gasteiger partial charge in [0.1, 0.15) is 17.3 Å². The zero-order chi connectivity index (χ0) is 17.2. The summed E-state index contributed by atoms with van der Waals surface area (Å²) in [5.74, 6) is 1.02. The monoisotopic (exact) mass is 328 g/mol. The molecule has 6 heteroatoms. The molecule has 0 saturated carbocycles. The fraction of sp³-hybridized carbons (Fsp3) is 0.389. The molecule has 6 nitrogen and oxygen atoms in total. The predicted molar refractivity (Wildman–Crippen MR) is 94.2 cm³/mol. The van der Waals surface area contributed by atoms with Gasteiger partial charge in [0, 0.05) is 26.3 Å². The summed E-state index contributed by atoms with van der Waals surface area (Å²) in [4.78, 5) is 20.7. The van der Waals surface area contributed by atoms with Gasteiger partial charge in [-0.15, -0.1) is 0 Å². The molecule has 0 unspecified atom stereocenters. The smallest absolute Gasteiger partial charge is 0.270 e. The molecule has 2 N–H and O–H groups in total. The van der Waals surface area contributed by atoms with E-state index in [1.54, 1.807) is 20.1 Å². The third kappa shape index (κ3) is 5.96. The third-order valence-corrected chi connectivity index (χ3v) is 3.45. The number of hydrogen-bond donors (Lipinski definition) is 2. The van der Waals surface area contributed by atoms with Crippen molar-refractivity contribution in [2.75, 3.05) is 32.1 Å². The lowest BCUT2D eigenvalue weighted by Crippen LogP contribution is -2.26. The summed E-state index contributed by atoms with van der Waals surface area (Å²) < 4.78 is 4.99. The van der Waals surface area contributed by atoms with E-state index in [-0.39, 0.29) is 5.91 Å². The van der Waals surface area contributed by atoms with Crippen LogP contribution in [0.4, 0.5) is 5.82 Å². The Kier molecular flexibility index (Phi) is 7.17. The van der Waals surface area contributed by atoms with Crippen LogP contribution in [0.15, 0.2) is 36.4 Å². The lowest BCUT2D eigenvalue weighted by atomic mass is 10.1. The van der Waals surface area contributed by atoms with Gasteiger partial charge in [0.2, 0.25) is 0 Å². The van der Waals surface area contributed by atoms with Crippen molar-refractivity contribution in [1.29, 1.82) is 0 Å². The molecule has 0 aliphatic carbocycles. The van der Waals surface area contributed by atoms with E-state index >= 15 is 0 Å². The minimum atomic E-state index is -0.177. The molecule has 0 spiro atoms. The first-order valence-corrected chi connectivity index (χ1v) is 8.09. The Bertz CT molecular complexity index is 647. The van der Waals surface area contributed by atoms with Gasteiger partial charge in [0.05, 0.1) is 6.61 Å². The van der Waals surface area contributed by atoms with Crippen LogP contribution < -0.4 is 10.6 Å². The van der Waals surface area contributed by atoms with Crippen LogP contribution in [0.3, 0.4) is 0 Å². The van der Waals surface area contributed by atoms with Crippen molar-refractivity contribution in [2.45, 2.75) is 19.8 Å². The highest BCUT2D eigenvalue weighted by atomic mass is 16.5. The van der Waals surface area contributed by atoms with Gasteiger partial charge in [-0.05, 0) is 25.3 Å². The summed E-state index contributed by atoms with van der Waals surface area (Å²) in [5.41, 5.74) is 1.65. The molecule has 0 atom stereocenters. The van der Waals surface area contributed by atoms with Crippen LogP contribution in [0.5, 0.6) is 0 Å². The van der Waals surface area contributed by atoms with E-state index in [1.165, 1.54) is 5.56 Å². The van der Waals surface area contributed by atoms with Crippen LogP contribution in [0.2, 0.25) is 0 Å². The summed E-state index contributed by atoms with van der Waals surface area (Å²) in [5, 5.41) is 6.02. The first kappa shape index (κ1) is 17.9. The largest absolute Gasteiger partial charge is 0.383 e. The molecule has 24 heavy (non-hydrogen) atoms. The Hall–Kier alpha value is -2.47. The molecule has 1 aromatic carbocycles. The van der Waals surface area contributed by atoms with E-state index in [4.69, 9.17) is 4.74 Å². The van der Waals surface area contributed by atoms with E-state index in [0.29, 0.717) is 37.0 Å². The van der Waals surface area contributed by atoms with Gasteiger partial charge in [-0.3, -0.25) is 4.79 Å². The molecule has 0 fully saturated rings. The van der Waals surface area contributed by atoms with Crippen LogP contribution >= 0.6 is 0 Å². The van der Waals surface area contributed by atoms with Crippen molar-refractivity contribution in [3.8, 4) is 0 Å². The van der Waals surface area contributed by atoms with Crippen molar-refractivity contribution < 1.29 is 9.53 Å². The summed E-state index contributed by atoms with van der Waals surface area (Å²) in [7, 11) is 1.64. The van der Waals surface area contributed by atoms with Crippen molar-refractivity contribution in [3.63, 3.8) is 0 Å². The summed E-state index contributed by atoms with van der Waals surface area (Å²) in [6, 6.07) is 11.9. The minimum absolute atomic E-state index is 0.177.